The predicted molar refractivity (Wildman–Crippen MR) is 69.6 cm³/mol. The minimum absolute atomic E-state index is 0.0108. The molecule has 0 radical (unpaired) electrons. The lowest BCUT2D eigenvalue weighted by atomic mass is 10.2. The van der Waals surface area contributed by atoms with Crippen LogP contribution in [0.2, 0.25) is 0 Å². The molecular weight excluding hydrogens is 230 g/mol. The van der Waals surface area contributed by atoms with E-state index < -0.39 is 0 Å². The summed E-state index contributed by atoms with van der Waals surface area (Å²) in [5.74, 6) is -0.0108. The van der Waals surface area contributed by atoms with Gasteiger partial charge in [0, 0.05) is 33.3 Å². The normalized spacial score (nSPS) is 10.8. The highest BCUT2D eigenvalue weighted by Crippen LogP contribution is 2.15. The number of fused-ring (bicyclic) bond motifs is 1. The summed E-state index contributed by atoms with van der Waals surface area (Å²) in [7, 11) is 5.15. The molecule has 1 heterocycles. The van der Waals surface area contributed by atoms with Gasteiger partial charge in [-0.15, -0.1) is 0 Å². The summed E-state index contributed by atoms with van der Waals surface area (Å²) in [5.41, 5.74) is 2.51. The second-order valence-electron chi connectivity index (χ2n) is 4.33. The van der Waals surface area contributed by atoms with Gasteiger partial charge in [-0.2, -0.15) is 0 Å². The van der Waals surface area contributed by atoms with Gasteiger partial charge in [0.1, 0.15) is 0 Å². The number of aromatic nitrogens is 2. The highest BCUT2D eigenvalue weighted by atomic mass is 16.5. The molecule has 2 aromatic rings. The van der Waals surface area contributed by atoms with Gasteiger partial charge in [0.05, 0.1) is 24.0 Å². The number of imidazole rings is 1. The molecule has 0 aliphatic heterocycles. The first-order valence-electron chi connectivity index (χ1n) is 5.79. The van der Waals surface area contributed by atoms with Gasteiger partial charge in [0.2, 0.25) is 0 Å². The van der Waals surface area contributed by atoms with Crippen LogP contribution in [0.1, 0.15) is 10.4 Å². The standard InChI is InChI=1S/C13H17N3O2/c1-15(2)13(17)10-4-5-12-11(8-10)14-9-16(12)6-7-18-3/h4-5,8-9H,6-7H2,1-3H3. The Bertz CT molecular complexity index is 560. The van der Waals surface area contributed by atoms with Crippen LogP contribution in [-0.2, 0) is 11.3 Å². The Balaban J connectivity index is 2.33. The van der Waals surface area contributed by atoms with Crippen molar-refractivity contribution in [3.05, 3.63) is 30.1 Å². The van der Waals surface area contributed by atoms with Crippen molar-refractivity contribution in [3.63, 3.8) is 0 Å². The molecule has 1 amide bonds. The lowest BCUT2D eigenvalue weighted by molar-refractivity contribution is 0.0827. The van der Waals surface area contributed by atoms with Crippen molar-refractivity contribution >= 4 is 16.9 Å². The van der Waals surface area contributed by atoms with Crippen LogP contribution in [0.15, 0.2) is 24.5 Å². The Morgan fingerprint density at radius 1 is 1.44 bits per heavy atom. The summed E-state index contributed by atoms with van der Waals surface area (Å²) in [5, 5.41) is 0. The second-order valence-corrected chi connectivity index (χ2v) is 4.33. The van der Waals surface area contributed by atoms with Crippen molar-refractivity contribution in [2.75, 3.05) is 27.8 Å². The average molecular weight is 247 g/mol. The van der Waals surface area contributed by atoms with Crippen LogP contribution in [0.3, 0.4) is 0 Å². The molecule has 0 saturated heterocycles. The number of carbonyl (C=O) groups is 1. The minimum Gasteiger partial charge on any atom is -0.383 e. The fraction of sp³-hybridized carbons (Fsp3) is 0.385. The molecule has 1 aromatic heterocycles. The molecule has 0 bridgehead atoms. The molecule has 0 atom stereocenters. The largest absolute Gasteiger partial charge is 0.383 e. The smallest absolute Gasteiger partial charge is 0.253 e. The first-order chi connectivity index (χ1) is 8.63. The molecular formula is C13H17N3O2. The lowest BCUT2D eigenvalue weighted by Gasteiger charge is -2.10. The molecule has 0 unspecified atom stereocenters. The molecule has 18 heavy (non-hydrogen) atoms. The van der Waals surface area contributed by atoms with Crippen LogP contribution >= 0.6 is 0 Å². The molecule has 5 nitrogen and oxygen atoms in total. The van der Waals surface area contributed by atoms with Crippen molar-refractivity contribution in [2.24, 2.45) is 0 Å². The fourth-order valence-electron chi connectivity index (χ4n) is 1.82. The molecule has 0 aliphatic rings. The number of hydrogen-bond donors (Lipinski definition) is 0. The van der Waals surface area contributed by atoms with E-state index >= 15 is 0 Å². The van der Waals surface area contributed by atoms with Gasteiger partial charge >= 0.3 is 0 Å². The molecule has 0 saturated carbocycles. The summed E-state index contributed by atoms with van der Waals surface area (Å²) in [6, 6.07) is 5.57. The van der Waals surface area contributed by atoms with Crippen LogP contribution in [-0.4, -0.2) is 48.2 Å². The van der Waals surface area contributed by atoms with E-state index in [2.05, 4.69) is 4.98 Å². The topological polar surface area (TPSA) is 47.4 Å². The van der Waals surface area contributed by atoms with Gasteiger partial charge in [-0.05, 0) is 18.2 Å². The van der Waals surface area contributed by atoms with E-state index in [1.54, 1.807) is 32.4 Å². The summed E-state index contributed by atoms with van der Waals surface area (Å²) in [6.07, 6.45) is 1.77. The van der Waals surface area contributed by atoms with Crippen molar-refractivity contribution in [1.29, 1.82) is 0 Å². The Kier molecular flexibility index (Phi) is 3.62. The van der Waals surface area contributed by atoms with Crippen molar-refractivity contribution in [3.8, 4) is 0 Å². The maximum Gasteiger partial charge on any atom is 0.253 e. The second kappa shape index (κ2) is 5.18. The zero-order valence-electron chi connectivity index (χ0n) is 10.9. The number of carbonyl (C=O) groups excluding carboxylic acids is 1. The van der Waals surface area contributed by atoms with Crippen LogP contribution in [0, 0.1) is 0 Å². The van der Waals surface area contributed by atoms with E-state index in [1.165, 1.54) is 0 Å². The van der Waals surface area contributed by atoms with Crippen LogP contribution < -0.4 is 0 Å². The zero-order chi connectivity index (χ0) is 13.1. The Labute approximate surface area is 106 Å². The van der Waals surface area contributed by atoms with Crippen molar-refractivity contribution < 1.29 is 9.53 Å². The van der Waals surface area contributed by atoms with E-state index in [-0.39, 0.29) is 5.91 Å². The third-order valence-electron chi connectivity index (χ3n) is 2.81. The quantitative estimate of drug-likeness (QED) is 0.820. The molecule has 5 heteroatoms. The van der Waals surface area contributed by atoms with Crippen LogP contribution in [0.5, 0.6) is 0 Å². The monoisotopic (exact) mass is 247 g/mol. The SMILES string of the molecule is COCCn1cnc2cc(C(=O)N(C)C)ccc21. The predicted octanol–water partition coefficient (Wildman–Crippen LogP) is 1.38. The van der Waals surface area contributed by atoms with Gasteiger partial charge in [0.25, 0.3) is 5.91 Å². The van der Waals surface area contributed by atoms with Gasteiger partial charge in [-0.1, -0.05) is 0 Å². The number of nitrogens with zero attached hydrogens (tertiary/aromatic N) is 3. The van der Waals surface area contributed by atoms with Crippen molar-refractivity contribution in [1.82, 2.24) is 14.5 Å². The van der Waals surface area contributed by atoms with E-state index in [4.69, 9.17) is 4.74 Å². The van der Waals surface area contributed by atoms with Gasteiger partial charge < -0.3 is 14.2 Å². The minimum atomic E-state index is -0.0108. The molecule has 2 rings (SSSR count). The van der Waals surface area contributed by atoms with E-state index in [1.807, 2.05) is 22.8 Å². The maximum absolute atomic E-state index is 11.8. The van der Waals surface area contributed by atoms with Gasteiger partial charge in [0.15, 0.2) is 0 Å². The Morgan fingerprint density at radius 2 is 2.22 bits per heavy atom. The number of hydrogen-bond acceptors (Lipinski definition) is 3. The molecule has 0 aliphatic carbocycles. The van der Waals surface area contributed by atoms with Crippen LogP contribution in [0.25, 0.3) is 11.0 Å². The summed E-state index contributed by atoms with van der Waals surface area (Å²) < 4.78 is 7.06. The summed E-state index contributed by atoms with van der Waals surface area (Å²) in [6.45, 7) is 1.40. The zero-order valence-corrected chi connectivity index (χ0v) is 10.9. The Hall–Kier alpha value is -1.88. The number of ether oxygens (including phenoxy) is 1. The molecule has 0 fully saturated rings. The molecule has 0 spiro atoms. The maximum atomic E-state index is 11.8. The highest BCUT2D eigenvalue weighted by Gasteiger charge is 2.10. The molecule has 1 aromatic carbocycles. The van der Waals surface area contributed by atoms with E-state index in [9.17, 15) is 4.79 Å². The Morgan fingerprint density at radius 3 is 2.89 bits per heavy atom. The van der Waals surface area contributed by atoms with Gasteiger partial charge in [-0.3, -0.25) is 4.79 Å². The summed E-state index contributed by atoms with van der Waals surface area (Å²) >= 11 is 0. The lowest BCUT2D eigenvalue weighted by Crippen LogP contribution is -2.21. The number of rotatable bonds is 4. The third-order valence-corrected chi connectivity index (χ3v) is 2.81. The number of benzene rings is 1. The average Bonchev–Trinajstić information content (AvgIpc) is 2.77. The van der Waals surface area contributed by atoms with Crippen molar-refractivity contribution in [2.45, 2.75) is 6.54 Å². The molecule has 0 N–H and O–H groups in total. The van der Waals surface area contributed by atoms with E-state index in [0.29, 0.717) is 12.2 Å². The van der Waals surface area contributed by atoms with Gasteiger partial charge in [-0.25, -0.2) is 4.98 Å². The number of methoxy groups -OCH3 is 1. The van der Waals surface area contributed by atoms with E-state index in [0.717, 1.165) is 17.6 Å². The van der Waals surface area contributed by atoms with Crippen LogP contribution in [0.4, 0.5) is 0 Å². The number of amides is 1. The highest BCUT2D eigenvalue weighted by molar-refractivity contribution is 5.97. The first kappa shape index (κ1) is 12.6. The molecule has 96 valence electrons. The summed E-state index contributed by atoms with van der Waals surface area (Å²) in [4.78, 5) is 17.7. The first-order valence-corrected chi connectivity index (χ1v) is 5.79. The fourth-order valence-corrected chi connectivity index (χ4v) is 1.82. The third kappa shape index (κ3) is 2.36.